The average Bonchev–Trinajstić information content (AvgIpc) is 2.69. The van der Waals surface area contributed by atoms with Crippen LogP contribution in [0.2, 0.25) is 0 Å². The van der Waals surface area contributed by atoms with E-state index >= 15 is 0 Å². The molecular formula is C20H23N3O4. The number of nitrogens with one attached hydrogen (secondary N) is 2. The molecule has 2 aromatic carbocycles. The number of amides is 1. The van der Waals surface area contributed by atoms with Gasteiger partial charge in [-0.3, -0.25) is 14.9 Å². The number of nitrogens with zero attached hydrogens (tertiary/aromatic N) is 1. The fourth-order valence-electron chi connectivity index (χ4n) is 3.14. The predicted molar refractivity (Wildman–Crippen MR) is 102 cm³/mol. The number of carbonyl (C=O) groups is 1. The molecule has 0 spiro atoms. The lowest BCUT2D eigenvalue weighted by Gasteiger charge is -2.22. The molecule has 1 atom stereocenters. The molecule has 0 aromatic heterocycles. The van der Waals surface area contributed by atoms with Gasteiger partial charge in [0.2, 0.25) is 0 Å². The number of nitro groups is 1. The van der Waals surface area contributed by atoms with Crippen LogP contribution in [-0.2, 0) is 0 Å². The number of nitro benzene ring substituents is 1. The molecule has 2 N–H and O–H groups in total. The summed E-state index contributed by atoms with van der Waals surface area (Å²) in [5.74, 6) is 1.47. The largest absolute Gasteiger partial charge is 0.457 e. The molecule has 0 radical (unpaired) electrons. The molecule has 1 aliphatic heterocycles. The number of benzene rings is 2. The fourth-order valence-corrected chi connectivity index (χ4v) is 3.14. The first kappa shape index (κ1) is 18.8. The lowest BCUT2D eigenvalue weighted by molar-refractivity contribution is -0.384. The first-order valence-electron chi connectivity index (χ1n) is 9.13. The Bertz CT molecular complexity index is 786. The maximum absolute atomic E-state index is 12.4. The number of hydrogen-bond donors (Lipinski definition) is 2. The SMILES string of the molecule is O=C(NCCC1CCCNC1)c1cccc(Oc2ccc([N+](=O)[O-])cc2)c1. The zero-order chi connectivity index (χ0) is 19.1. The monoisotopic (exact) mass is 369 g/mol. The van der Waals surface area contributed by atoms with Gasteiger partial charge in [-0.05, 0) is 68.6 Å². The molecule has 1 amide bonds. The zero-order valence-corrected chi connectivity index (χ0v) is 15.0. The van der Waals surface area contributed by atoms with Crippen LogP contribution in [-0.4, -0.2) is 30.5 Å². The highest BCUT2D eigenvalue weighted by Crippen LogP contribution is 2.24. The Morgan fingerprint density at radius 1 is 1.22 bits per heavy atom. The number of non-ortho nitro benzene ring substituents is 1. The topological polar surface area (TPSA) is 93.5 Å². The standard InChI is InChI=1S/C20H23N3O4/c24-20(22-12-10-15-3-2-11-21-14-15)16-4-1-5-19(13-16)27-18-8-6-17(7-9-18)23(25)26/h1,4-9,13,15,21H,2-3,10-12,14H2,(H,22,24). The number of piperidine rings is 1. The van der Waals surface area contributed by atoms with Crippen LogP contribution in [0.5, 0.6) is 11.5 Å². The summed E-state index contributed by atoms with van der Waals surface area (Å²) in [6.07, 6.45) is 3.37. The van der Waals surface area contributed by atoms with Crippen LogP contribution in [0, 0.1) is 16.0 Å². The fraction of sp³-hybridized carbons (Fsp3) is 0.350. The summed E-state index contributed by atoms with van der Waals surface area (Å²) in [5.41, 5.74) is 0.528. The summed E-state index contributed by atoms with van der Waals surface area (Å²) in [6.45, 7) is 2.76. The second kappa shape index (κ2) is 9.14. The van der Waals surface area contributed by atoms with Gasteiger partial charge < -0.3 is 15.4 Å². The molecule has 0 aliphatic carbocycles. The van der Waals surface area contributed by atoms with Crippen molar-refractivity contribution in [1.82, 2.24) is 10.6 Å². The molecule has 1 saturated heterocycles. The van der Waals surface area contributed by atoms with Gasteiger partial charge in [0.15, 0.2) is 0 Å². The van der Waals surface area contributed by atoms with E-state index in [0.717, 1.165) is 19.5 Å². The van der Waals surface area contributed by atoms with Gasteiger partial charge in [-0.25, -0.2) is 0 Å². The van der Waals surface area contributed by atoms with Crippen molar-refractivity contribution >= 4 is 11.6 Å². The number of ether oxygens (including phenoxy) is 1. The van der Waals surface area contributed by atoms with E-state index in [1.165, 1.54) is 37.1 Å². The summed E-state index contributed by atoms with van der Waals surface area (Å²) >= 11 is 0. The first-order valence-corrected chi connectivity index (χ1v) is 9.13. The van der Waals surface area contributed by atoms with Crippen molar-refractivity contribution < 1.29 is 14.5 Å². The van der Waals surface area contributed by atoms with E-state index in [9.17, 15) is 14.9 Å². The summed E-state index contributed by atoms with van der Waals surface area (Å²) in [4.78, 5) is 22.6. The Morgan fingerprint density at radius 2 is 2.04 bits per heavy atom. The van der Waals surface area contributed by atoms with E-state index in [4.69, 9.17) is 4.74 Å². The van der Waals surface area contributed by atoms with Crippen LogP contribution in [0.3, 0.4) is 0 Å². The van der Waals surface area contributed by atoms with Gasteiger partial charge in [0.25, 0.3) is 11.6 Å². The van der Waals surface area contributed by atoms with Crippen LogP contribution < -0.4 is 15.4 Å². The van der Waals surface area contributed by atoms with Crippen molar-refractivity contribution in [1.29, 1.82) is 0 Å². The number of hydrogen-bond acceptors (Lipinski definition) is 5. The summed E-state index contributed by atoms with van der Waals surface area (Å²) in [7, 11) is 0. The van der Waals surface area contributed by atoms with Crippen LogP contribution in [0.1, 0.15) is 29.6 Å². The molecule has 7 heteroatoms. The van der Waals surface area contributed by atoms with Crippen molar-refractivity contribution in [2.45, 2.75) is 19.3 Å². The van der Waals surface area contributed by atoms with Crippen molar-refractivity contribution in [3.05, 3.63) is 64.2 Å². The van der Waals surface area contributed by atoms with E-state index in [0.29, 0.717) is 29.5 Å². The second-order valence-electron chi connectivity index (χ2n) is 6.64. The van der Waals surface area contributed by atoms with Crippen molar-refractivity contribution in [2.24, 2.45) is 5.92 Å². The van der Waals surface area contributed by atoms with Crippen LogP contribution in [0.25, 0.3) is 0 Å². The van der Waals surface area contributed by atoms with Crippen LogP contribution in [0.4, 0.5) is 5.69 Å². The Balaban J connectivity index is 1.54. The highest BCUT2D eigenvalue weighted by atomic mass is 16.6. The predicted octanol–water partition coefficient (Wildman–Crippen LogP) is 3.51. The van der Waals surface area contributed by atoms with Gasteiger partial charge in [-0.2, -0.15) is 0 Å². The maximum Gasteiger partial charge on any atom is 0.269 e. The normalized spacial score (nSPS) is 16.5. The molecule has 27 heavy (non-hydrogen) atoms. The highest BCUT2D eigenvalue weighted by molar-refractivity contribution is 5.94. The second-order valence-corrected chi connectivity index (χ2v) is 6.64. The van der Waals surface area contributed by atoms with E-state index < -0.39 is 4.92 Å². The third-order valence-corrected chi connectivity index (χ3v) is 4.62. The molecular weight excluding hydrogens is 346 g/mol. The zero-order valence-electron chi connectivity index (χ0n) is 15.0. The van der Waals surface area contributed by atoms with E-state index in [2.05, 4.69) is 10.6 Å². The Kier molecular flexibility index (Phi) is 6.38. The van der Waals surface area contributed by atoms with E-state index in [1.807, 2.05) is 0 Å². The Morgan fingerprint density at radius 3 is 2.74 bits per heavy atom. The van der Waals surface area contributed by atoms with Crippen molar-refractivity contribution in [3.8, 4) is 11.5 Å². The molecule has 7 nitrogen and oxygen atoms in total. The third-order valence-electron chi connectivity index (χ3n) is 4.62. The van der Waals surface area contributed by atoms with Gasteiger partial charge in [0.1, 0.15) is 11.5 Å². The molecule has 0 saturated carbocycles. The summed E-state index contributed by atoms with van der Waals surface area (Å²) in [6, 6.07) is 12.7. The van der Waals surface area contributed by atoms with Crippen molar-refractivity contribution in [2.75, 3.05) is 19.6 Å². The lowest BCUT2D eigenvalue weighted by atomic mass is 9.96. The highest BCUT2D eigenvalue weighted by Gasteiger charge is 2.13. The quantitative estimate of drug-likeness (QED) is 0.575. The van der Waals surface area contributed by atoms with E-state index in [-0.39, 0.29) is 11.6 Å². The number of rotatable bonds is 7. The average molecular weight is 369 g/mol. The van der Waals surface area contributed by atoms with Gasteiger partial charge in [-0.15, -0.1) is 0 Å². The summed E-state index contributed by atoms with van der Waals surface area (Å²) < 4.78 is 5.69. The minimum atomic E-state index is -0.460. The molecule has 2 aromatic rings. The molecule has 3 rings (SSSR count). The third kappa shape index (κ3) is 5.52. The van der Waals surface area contributed by atoms with Crippen LogP contribution in [0.15, 0.2) is 48.5 Å². The molecule has 1 aliphatic rings. The molecule has 0 bridgehead atoms. The van der Waals surface area contributed by atoms with E-state index in [1.54, 1.807) is 24.3 Å². The van der Waals surface area contributed by atoms with Gasteiger partial charge >= 0.3 is 0 Å². The minimum Gasteiger partial charge on any atom is -0.457 e. The smallest absolute Gasteiger partial charge is 0.269 e. The van der Waals surface area contributed by atoms with Gasteiger partial charge in [0, 0.05) is 24.2 Å². The van der Waals surface area contributed by atoms with Gasteiger partial charge in [-0.1, -0.05) is 6.07 Å². The molecule has 142 valence electrons. The lowest BCUT2D eigenvalue weighted by Crippen LogP contribution is -2.33. The Hall–Kier alpha value is -2.93. The van der Waals surface area contributed by atoms with Crippen LogP contribution >= 0.6 is 0 Å². The van der Waals surface area contributed by atoms with Gasteiger partial charge in [0.05, 0.1) is 4.92 Å². The molecule has 1 fully saturated rings. The molecule has 1 unspecified atom stereocenters. The maximum atomic E-state index is 12.4. The summed E-state index contributed by atoms with van der Waals surface area (Å²) in [5, 5.41) is 17.0. The molecule has 1 heterocycles. The minimum absolute atomic E-state index is 0.00337. The first-order chi connectivity index (χ1) is 13.1. The Labute approximate surface area is 157 Å². The number of carbonyl (C=O) groups excluding carboxylic acids is 1. The van der Waals surface area contributed by atoms with Crippen molar-refractivity contribution in [3.63, 3.8) is 0 Å².